The average molecular weight is 308 g/mol. The van der Waals surface area contributed by atoms with E-state index in [1.165, 1.54) is 17.3 Å². The lowest BCUT2D eigenvalue weighted by atomic mass is 9.97. The second kappa shape index (κ2) is 8.72. The van der Waals surface area contributed by atoms with E-state index in [1.807, 2.05) is 18.2 Å². The highest BCUT2D eigenvalue weighted by Crippen LogP contribution is 2.29. The molecule has 1 aromatic carbocycles. The van der Waals surface area contributed by atoms with Crippen LogP contribution in [0, 0.1) is 5.92 Å². The van der Waals surface area contributed by atoms with Crippen LogP contribution in [0.1, 0.15) is 45.6 Å². The number of ether oxygens (including phenoxy) is 1. The summed E-state index contributed by atoms with van der Waals surface area (Å²) in [6, 6.07) is 7.98. The standard InChI is InChI=1S/C16H24N2O2S/c1-5-12(4)13-8-6-7-9-14(13)18-16(17)21-10-20-15(19)11(2)3/h6-9,11-12H,5,10H2,1-4H3,(H2,17,18). The third-order valence-corrected chi connectivity index (χ3v) is 3.81. The number of hydrogen-bond donors (Lipinski definition) is 1. The van der Waals surface area contributed by atoms with Crippen LogP contribution in [-0.4, -0.2) is 17.1 Å². The van der Waals surface area contributed by atoms with Gasteiger partial charge in [-0.2, -0.15) is 0 Å². The number of benzene rings is 1. The molecule has 0 radical (unpaired) electrons. The minimum atomic E-state index is -0.227. The summed E-state index contributed by atoms with van der Waals surface area (Å²) in [5.41, 5.74) is 7.96. The van der Waals surface area contributed by atoms with E-state index < -0.39 is 0 Å². The summed E-state index contributed by atoms with van der Waals surface area (Å²) in [6.45, 7) is 7.91. The maximum Gasteiger partial charge on any atom is 0.309 e. The Hall–Kier alpha value is -1.49. The Morgan fingerprint density at radius 3 is 2.62 bits per heavy atom. The summed E-state index contributed by atoms with van der Waals surface area (Å²) < 4.78 is 5.07. The van der Waals surface area contributed by atoms with E-state index in [4.69, 9.17) is 10.5 Å². The van der Waals surface area contributed by atoms with Crippen molar-refractivity contribution in [2.75, 3.05) is 5.94 Å². The fourth-order valence-electron chi connectivity index (χ4n) is 1.69. The Morgan fingerprint density at radius 2 is 2.00 bits per heavy atom. The molecule has 0 amide bonds. The SMILES string of the molecule is CCC(C)c1ccccc1N=C(N)SCOC(=O)C(C)C. The van der Waals surface area contributed by atoms with Gasteiger partial charge in [0.15, 0.2) is 5.17 Å². The topological polar surface area (TPSA) is 64.7 Å². The highest BCUT2D eigenvalue weighted by Gasteiger charge is 2.10. The maximum absolute atomic E-state index is 11.3. The van der Waals surface area contributed by atoms with Crippen LogP contribution >= 0.6 is 11.8 Å². The van der Waals surface area contributed by atoms with Crippen molar-refractivity contribution in [2.24, 2.45) is 16.6 Å². The number of carbonyl (C=O) groups excluding carboxylic acids is 1. The molecule has 0 saturated heterocycles. The molecule has 2 N–H and O–H groups in total. The molecule has 0 saturated carbocycles. The van der Waals surface area contributed by atoms with E-state index in [0.717, 1.165) is 12.1 Å². The van der Waals surface area contributed by atoms with E-state index >= 15 is 0 Å². The minimum absolute atomic E-state index is 0.130. The molecule has 21 heavy (non-hydrogen) atoms. The van der Waals surface area contributed by atoms with Crippen LogP contribution < -0.4 is 5.73 Å². The molecule has 116 valence electrons. The second-order valence-electron chi connectivity index (χ2n) is 5.20. The van der Waals surface area contributed by atoms with Crippen molar-refractivity contribution in [1.82, 2.24) is 0 Å². The lowest BCUT2D eigenvalue weighted by molar-refractivity contribution is -0.144. The van der Waals surface area contributed by atoms with Crippen LogP contribution in [0.3, 0.4) is 0 Å². The van der Waals surface area contributed by atoms with E-state index in [2.05, 4.69) is 24.9 Å². The molecule has 0 fully saturated rings. The summed E-state index contributed by atoms with van der Waals surface area (Å²) in [5, 5.41) is 0.405. The monoisotopic (exact) mass is 308 g/mol. The van der Waals surface area contributed by atoms with Gasteiger partial charge in [-0.3, -0.25) is 4.79 Å². The third-order valence-electron chi connectivity index (χ3n) is 3.19. The molecule has 1 aromatic rings. The van der Waals surface area contributed by atoms with Crippen molar-refractivity contribution in [3.8, 4) is 0 Å². The number of rotatable bonds is 6. The van der Waals surface area contributed by atoms with E-state index in [-0.39, 0.29) is 17.8 Å². The molecule has 1 rings (SSSR count). The lowest BCUT2D eigenvalue weighted by Crippen LogP contribution is -2.14. The minimum Gasteiger partial charge on any atom is -0.454 e. The van der Waals surface area contributed by atoms with Gasteiger partial charge in [-0.05, 0) is 35.7 Å². The molecule has 0 aromatic heterocycles. The Kier molecular flexibility index (Phi) is 7.29. The predicted octanol–water partition coefficient (Wildman–Crippen LogP) is 4.04. The molecule has 0 aliphatic rings. The normalized spacial score (nSPS) is 13.3. The number of carbonyl (C=O) groups is 1. The number of nitrogens with zero attached hydrogens (tertiary/aromatic N) is 1. The van der Waals surface area contributed by atoms with Crippen molar-refractivity contribution in [1.29, 1.82) is 0 Å². The third kappa shape index (κ3) is 5.79. The first-order chi connectivity index (χ1) is 9.95. The molecular formula is C16H24N2O2S. The zero-order chi connectivity index (χ0) is 15.8. The quantitative estimate of drug-likeness (QED) is 0.373. The Bertz CT molecular complexity index is 501. The molecule has 1 unspecified atom stereocenters. The van der Waals surface area contributed by atoms with Crippen molar-refractivity contribution in [2.45, 2.75) is 40.0 Å². The van der Waals surface area contributed by atoms with Crippen LogP contribution in [0.5, 0.6) is 0 Å². The van der Waals surface area contributed by atoms with E-state index in [0.29, 0.717) is 11.1 Å². The highest BCUT2D eigenvalue weighted by molar-refractivity contribution is 8.13. The smallest absolute Gasteiger partial charge is 0.309 e. The summed E-state index contributed by atoms with van der Waals surface area (Å²) in [6.07, 6.45) is 1.05. The number of thioether (sulfide) groups is 1. The van der Waals surface area contributed by atoms with Crippen LogP contribution in [0.15, 0.2) is 29.3 Å². The van der Waals surface area contributed by atoms with E-state index in [1.54, 1.807) is 13.8 Å². The van der Waals surface area contributed by atoms with Gasteiger partial charge < -0.3 is 10.5 Å². The van der Waals surface area contributed by atoms with Gasteiger partial charge in [0.25, 0.3) is 0 Å². The Balaban J connectivity index is 2.68. The first-order valence-electron chi connectivity index (χ1n) is 7.18. The van der Waals surface area contributed by atoms with Crippen molar-refractivity contribution < 1.29 is 9.53 Å². The molecule has 4 nitrogen and oxygen atoms in total. The van der Waals surface area contributed by atoms with Crippen LogP contribution in [0.2, 0.25) is 0 Å². The predicted molar refractivity (Wildman–Crippen MR) is 89.8 cm³/mol. The first kappa shape index (κ1) is 17.6. The van der Waals surface area contributed by atoms with Gasteiger partial charge in [0.05, 0.1) is 11.6 Å². The van der Waals surface area contributed by atoms with Crippen molar-refractivity contribution in [3.63, 3.8) is 0 Å². The number of nitrogens with two attached hydrogens (primary N) is 1. The molecule has 5 heteroatoms. The van der Waals surface area contributed by atoms with Gasteiger partial charge in [0, 0.05) is 0 Å². The Labute approximate surface area is 131 Å². The average Bonchev–Trinajstić information content (AvgIpc) is 2.46. The van der Waals surface area contributed by atoms with Crippen LogP contribution in [0.25, 0.3) is 0 Å². The number of amidine groups is 1. The van der Waals surface area contributed by atoms with Gasteiger partial charge in [0.2, 0.25) is 0 Å². The van der Waals surface area contributed by atoms with Gasteiger partial charge in [-0.25, -0.2) is 4.99 Å². The largest absolute Gasteiger partial charge is 0.454 e. The van der Waals surface area contributed by atoms with Gasteiger partial charge in [-0.15, -0.1) is 0 Å². The van der Waals surface area contributed by atoms with Crippen molar-refractivity contribution >= 4 is 28.6 Å². The van der Waals surface area contributed by atoms with Crippen LogP contribution in [0.4, 0.5) is 5.69 Å². The number of aliphatic imine (C=N–C) groups is 1. The maximum atomic E-state index is 11.3. The van der Waals surface area contributed by atoms with Crippen molar-refractivity contribution in [3.05, 3.63) is 29.8 Å². The van der Waals surface area contributed by atoms with Gasteiger partial charge in [-0.1, -0.05) is 45.9 Å². The number of hydrogen-bond acceptors (Lipinski definition) is 4. The molecule has 0 aliphatic heterocycles. The zero-order valence-corrected chi connectivity index (χ0v) is 13.9. The summed E-state index contributed by atoms with van der Waals surface area (Å²) in [7, 11) is 0. The fourth-order valence-corrected chi connectivity index (χ4v) is 2.15. The highest BCUT2D eigenvalue weighted by atomic mass is 32.2. The van der Waals surface area contributed by atoms with E-state index in [9.17, 15) is 4.79 Å². The molecule has 0 spiro atoms. The van der Waals surface area contributed by atoms with Crippen LogP contribution in [-0.2, 0) is 9.53 Å². The zero-order valence-electron chi connectivity index (χ0n) is 13.1. The molecule has 1 atom stereocenters. The number of para-hydroxylation sites is 1. The molecule has 0 heterocycles. The van der Waals surface area contributed by atoms with Gasteiger partial charge in [0.1, 0.15) is 5.94 Å². The Morgan fingerprint density at radius 1 is 1.33 bits per heavy atom. The first-order valence-corrected chi connectivity index (χ1v) is 8.16. The second-order valence-corrected chi connectivity index (χ2v) is 6.14. The fraction of sp³-hybridized carbons (Fsp3) is 0.500. The van der Waals surface area contributed by atoms with Gasteiger partial charge >= 0.3 is 5.97 Å². The summed E-state index contributed by atoms with van der Waals surface area (Å²) in [5.74, 6) is 0.268. The molecular weight excluding hydrogens is 284 g/mol. The molecule has 0 bridgehead atoms. The summed E-state index contributed by atoms with van der Waals surface area (Å²) in [4.78, 5) is 15.8. The molecule has 0 aliphatic carbocycles. The summed E-state index contributed by atoms with van der Waals surface area (Å²) >= 11 is 1.23. The number of esters is 1. The lowest BCUT2D eigenvalue weighted by Gasteiger charge is -2.12.